The van der Waals surface area contributed by atoms with E-state index in [2.05, 4.69) is 22.5 Å². The number of hydrogen-bond acceptors (Lipinski definition) is 4. The van der Waals surface area contributed by atoms with Gasteiger partial charge in [0, 0.05) is 43.3 Å². The number of rotatable bonds is 5. The topological polar surface area (TPSA) is 81.8 Å². The second kappa shape index (κ2) is 7.28. The van der Waals surface area contributed by atoms with Crippen molar-refractivity contribution in [2.45, 2.75) is 38.1 Å². The van der Waals surface area contributed by atoms with Crippen molar-refractivity contribution in [1.29, 1.82) is 0 Å². The predicted octanol–water partition coefficient (Wildman–Crippen LogP) is 2.07. The largest absolute Gasteiger partial charge is 0.368 e. The van der Waals surface area contributed by atoms with Crippen molar-refractivity contribution in [3.05, 3.63) is 28.8 Å². The molecule has 0 radical (unpaired) electrons. The van der Waals surface area contributed by atoms with E-state index in [0.717, 1.165) is 31.6 Å². The van der Waals surface area contributed by atoms with Gasteiger partial charge in [0.25, 0.3) is 5.91 Å². The van der Waals surface area contributed by atoms with Crippen LogP contribution in [-0.2, 0) is 9.59 Å². The van der Waals surface area contributed by atoms with Crippen molar-refractivity contribution in [2.24, 2.45) is 5.92 Å². The zero-order chi connectivity index (χ0) is 19.9. The van der Waals surface area contributed by atoms with Gasteiger partial charge in [-0.3, -0.25) is 14.9 Å². The van der Waals surface area contributed by atoms with Crippen LogP contribution in [-0.4, -0.2) is 54.5 Å². The molecule has 0 spiro atoms. The van der Waals surface area contributed by atoms with E-state index in [1.165, 1.54) is 5.56 Å². The molecule has 1 aliphatic carbocycles. The maximum atomic E-state index is 12.7. The van der Waals surface area contributed by atoms with Crippen molar-refractivity contribution < 1.29 is 14.4 Å². The fourth-order valence-corrected chi connectivity index (χ4v) is 4.50. The molecule has 150 valence electrons. The molecule has 2 N–H and O–H groups in total. The lowest BCUT2D eigenvalue weighted by atomic mass is 9.87. The van der Waals surface area contributed by atoms with Gasteiger partial charge in [-0.1, -0.05) is 17.7 Å². The zero-order valence-electron chi connectivity index (χ0n) is 16.0. The number of aryl methyl sites for hydroxylation is 1. The Labute approximate surface area is 169 Å². The first-order valence-electron chi connectivity index (χ1n) is 9.81. The highest BCUT2D eigenvalue weighted by molar-refractivity contribution is 6.30. The van der Waals surface area contributed by atoms with Gasteiger partial charge in [0.15, 0.2) is 0 Å². The third-order valence-electron chi connectivity index (χ3n) is 6.12. The lowest BCUT2D eigenvalue weighted by Gasteiger charge is -2.37. The van der Waals surface area contributed by atoms with Crippen LogP contribution in [0, 0.1) is 12.8 Å². The number of halogens is 1. The van der Waals surface area contributed by atoms with E-state index in [1.54, 1.807) is 0 Å². The van der Waals surface area contributed by atoms with Crippen LogP contribution in [0.1, 0.15) is 31.2 Å². The molecule has 3 aliphatic rings. The molecule has 2 aliphatic heterocycles. The Balaban J connectivity index is 1.34. The van der Waals surface area contributed by atoms with Crippen molar-refractivity contribution in [2.75, 3.05) is 31.1 Å². The monoisotopic (exact) mass is 404 g/mol. The Hall–Kier alpha value is -2.28. The number of carbonyl (C=O) groups is 3. The minimum absolute atomic E-state index is 0.0384. The van der Waals surface area contributed by atoms with E-state index < -0.39 is 11.6 Å². The van der Waals surface area contributed by atoms with Crippen molar-refractivity contribution in [3.63, 3.8) is 0 Å². The number of urea groups is 1. The minimum atomic E-state index is -0.896. The second-order valence-corrected chi connectivity index (χ2v) is 8.39. The minimum Gasteiger partial charge on any atom is -0.368 e. The quantitative estimate of drug-likeness (QED) is 0.736. The number of piperazine rings is 1. The number of imide groups is 1. The number of amides is 4. The van der Waals surface area contributed by atoms with Crippen LogP contribution < -0.4 is 15.5 Å². The number of anilines is 1. The molecule has 1 aromatic rings. The molecule has 2 saturated heterocycles. The van der Waals surface area contributed by atoms with E-state index in [-0.39, 0.29) is 24.2 Å². The van der Waals surface area contributed by atoms with Gasteiger partial charge in [0.2, 0.25) is 5.91 Å². The van der Waals surface area contributed by atoms with Crippen LogP contribution in [0.2, 0.25) is 5.02 Å². The second-order valence-electron chi connectivity index (χ2n) is 7.95. The smallest absolute Gasteiger partial charge is 0.322 e. The fourth-order valence-electron chi connectivity index (χ4n) is 4.33. The molecule has 3 fully saturated rings. The molecule has 1 unspecified atom stereocenters. The summed E-state index contributed by atoms with van der Waals surface area (Å²) < 4.78 is 0. The van der Waals surface area contributed by atoms with Crippen LogP contribution in [0.15, 0.2) is 18.2 Å². The Bertz CT molecular complexity index is 818. The number of carbonyl (C=O) groups excluding carboxylic acids is 3. The Kier molecular flexibility index (Phi) is 4.95. The lowest BCUT2D eigenvalue weighted by molar-refractivity contribution is -0.132. The summed E-state index contributed by atoms with van der Waals surface area (Å²) in [6.07, 6.45) is 2.46. The lowest BCUT2D eigenvalue weighted by Crippen LogP contribution is -2.52. The number of hydrogen-bond donors (Lipinski definition) is 2. The van der Waals surface area contributed by atoms with E-state index >= 15 is 0 Å². The number of nitrogens with one attached hydrogen (secondary N) is 2. The first kappa shape index (κ1) is 19.1. The molecule has 28 heavy (non-hydrogen) atoms. The molecule has 1 saturated carbocycles. The molecule has 1 aromatic carbocycles. The molecular formula is C20H25ClN4O3. The van der Waals surface area contributed by atoms with Gasteiger partial charge in [-0.25, -0.2) is 4.79 Å². The van der Waals surface area contributed by atoms with Gasteiger partial charge < -0.3 is 15.1 Å². The summed E-state index contributed by atoms with van der Waals surface area (Å²) in [5.41, 5.74) is 1.38. The first-order chi connectivity index (χ1) is 13.4. The summed E-state index contributed by atoms with van der Waals surface area (Å²) >= 11 is 6.13. The van der Waals surface area contributed by atoms with E-state index in [0.29, 0.717) is 24.5 Å². The SMILES string of the molecule is Cc1ccc(Cl)cc1N1CCN(C(=O)CCC2(C3CC3)NC(=O)NC2=O)CC1. The van der Waals surface area contributed by atoms with Crippen molar-refractivity contribution in [3.8, 4) is 0 Å². The summed E-state index contributed by atoms with van der Waals surface area (Å²) in [4.78, 5) is 40.8. The molecule has 8 heteroatoms. The van der Waals surface area contributed by atoms with Gasteiger partial charge in [-0.05, 0) is 49.8 Å². The third-order valence-corrected chi connectivity index (χ3v) is 6.36. The Morgan fingerprint density at radius 1 is 1.21 bits per heavy atom. The fraction of sp³-hybridized carbons (Fsp3) is 0.550. The predicted molar refractivity (Wildman–Crippen MR) is 106 cm³/mol. The maximum Gasteiger partial charge on any atom is 0.322 e. The number of benzene rings is 1. The highest BCUT2D eigenvalue weighted by Crippen LogP contribution is 2.43. The molecule has 0 bridgehead atoms. The van der Waals surface area contributed by atoms with Crippen LogP contribution >= 0.6 is 11.6 Å². The standard InChI is InChI=1S/C20H25ClN4O3/c1-13-2-5-15(21)12-16(13)24-8-10-25(11-9-24)17(26)6-7-20(14-3-4-14)18(27)22-19(28)23-20/h2,5,12,14H,3-4,6-11H2,1H3,(H2,22,23,27,28). The molecule has 0 aromatic heterocycles. The summed E-state index contributed by atoms with van der Waals surface area (Å²) in [6, 6.07) is 5.41. The van der Waals surface area contributed by atoms with Crippen LogP contribution in [0.5, 0.6) is 0 Å². The first-order valence-corrected chi connectivity index (χ1v) is 10.2. The van der Waals surface area contributed by atoms with Crippen molar-refractivity contribution in [1.82, 2.24) is 15.5 Å². The van der Waals surface area contributed by atoms with E-state index in [9.17, 15) is 14.4 Å². The molecule has 2 heterocycles. The highest BCUT2D eigenvalue weighted by atomic mass is 35.5. The summed E-state index contributed by atoms with van der Waals surface area (Å²) in [5.74, 6) is -0.0973. The summed E-state index contributed by atoms with van der Waals surface area (Å²) in [6.45, 7) is 4.83. The normalized spacial score (nSPS) is 24.9. The van der Waals surface area contributed by atoms with Gasteiger partial charge in [0.1, 0.15) is 5.54 Å². The average Bonchev–Trinajstić information content (AvgIpc) is 3.48. The van der Waals surface area contributed by atoms with Crippen LogP contribution in [0.25, 0.3) is 0 Å². The van der Waals surface area contributed by atoms with E-state index in [4.69, 9.17) is 11.6 Å². The van der Waals surface area contributed by atoms with E-state index in [1.807, 2.05) is 23.1 Å². The molecule has 4 rings (SSSR count). The average molecular weight is 405 g/mol. The van der Waals surface area contributed by atoms with Crippen molar-refractivity contribution >= 4 is 35.1 Å². The Morgan fingerprint density at radius 2 is 1.93 bits per heavy atom. The third kappa shape index (κ3) is 3.55. The van der Waals surface area contributed by atoms with Gasteiger partial charge in [0.05, 0.1) is 0 Å². The molecular weight excluding hydrogens is 380 g/mol. The highest BCUT2D eigenvalue weighted by Gasteiger charge is 2.55. The summed E-state index contributed by atoms with van der Waals surface area (Å²) in [5, 5.41) is 5.83. The summed E-state index contributed by atoms with van der Waals surface area (Å²) in [7, 11) is 0. The number of nitrogens with zero attached hydrogens (tertiary/aromatic N) is 2. The van der Waals surface area contributed by atoms with Crippen LogP contribution in [0.3, 0.4) is 0 Å². The Morgan fingerprint density at radius 3 is 2.54 bits per heavy atom. The zero-order valence-corrected chi connectivity index (χ0v) is 16.7. The van der Waals surface area contributed by atoms with Gasteiger partial charge in [-0.15, -0.1) is 0 Å². The molecule has 4 amide bonds. The molecule has 7 nitrogen and oxygen atoms in total. The van der Waals surface area contributed by atoms with Gasteiger partial charge in [-0.2, -0.15) is 0 Å². The van der Waals surface area contributed by atoms with Gasteiger partial charge >= 0.3 is 6.03 Å². The molecule has 1 atom stereocenters. The van der Waals surface area contributed by atoms with Crippen LogP contribution in [0.4, 0.5) is 10.5 Å². The maximum absolute atomic E-state index is 12.7.